The summed E-state index contributed by atoms with van der Waals surface area (Å²) in [7, 11) is 3.80. The molecule has 0 bridgehead atoms. The third-order valence-electron chi connectivity index (χ3n) is 3.34. The molecule has 0 spiro atoms. The summed E-state index contributed by atoms with van der Waals surface area (Å²) in [6.45, 7) is 6.80. The Morgan fingerprint density at radius 1 is 1.29 bits per heavy atom. The minimum atomic E-state index is -0.227. The van der Waals surface area contributed by atoms with Crippen molar-refractivity contribution in [2.24, 2.45) is 4.99 Å². The Hall–Kier alpha value is -0.930. The summed E-state index contributed by atoms with van der Waals surface area (Å²) in [6.07, 6.45) is 1.02. The average molecular weight is 452 g/mol. The Labute approximate surface area is 162 Å². The number of hydrogen-bond donors (Lipinski definition) is 2. The maximum absolute atomic E-state index is 13.2. The van der Waals surface area contributed by atoms with Gasteiger partial charge in [-0.1, -0.05) is 12.1 Å². The van der Waals surface area contributed by atoms with Crippen molar-refractivity contribution in [3.63, 3.8) is 0 Å². The predicted octanol–water partition coefficient (Wildman–Crippen LogP) is 2.47. The van der Waals surface area contributed by atoms with Gasteiger partial charge < -0.3 is 20.3 Å². The van der Waals surface area contributed by atoms with Gasteiger partial charge in [0.05, 0.1) is 13.2 Å². The number of ether oxygens (including phenoxy) is 1. The van der Waals surface area contributed by atoms with Crippen molar-refractivity contribution in [3.05, 3.63) is 35.6 Å². The molecule has 1 aromatic rings. The molecule has 0 heterocycles. The standard InChI is InChI=1S/C17H29FN4O.HI/c1-4-19-17(20-9-6-10-22(2)11-12-23-3)21-14-15-7-5-8-16(18)13-15;/h5,7-8,13H,4,6,9-12,14H2,1-3H3,(H2,19,20,21);1H. The Morgan fingerprint density at radius 2 is 2.08 bits per heavy atom. The molecule has 1 aromatic carbocycles. The fourth-order valence-electron chi connectivity index (χ4n) is 2.06. The highest BCUT2D eigenvalue weighted by molar-refractivity contribution is 14.0. The van der Waals surface area contributed by atoms with Gasteiger partial charge in [-0.05, 0) is 44.6 Å². The highest BCUT2D eigenvalue weighted by Crippen LogP contribution is 2.04. The highest BCUT2D eigenvalue weighted by atomic mass is 127. The quantitative estimate of drug-likeness (QED) is 0.248. The molecule has 2 N–H and O–H groups in total. The summed E-state index contributed by atoms with van der Waals surface area (Å²) in [5, 5.41) is 6.51. The van der Waals surface area contributed by atoms with Gasteiger partial charge in [0.25, 0.3) is 0 Å². The summed E-state index contributed by atoms with van der Waals surface area (Å²) in [5.41, 5.74) is 0.863. The zero-order valence-corrected chi connectivity index (χ0v) is 17.2. The lowest BCUT2D eigenvalue weighted by Gasteiger charge is -2.17. The van der Waals surface area contributed by atoms with Crippen LogP contribution in [0.4, 0.5) is 4.39 Å². The second-order valence-corrected chi connectivity index (χ2v) is 5.40. The van der Waals surface area contributed by atoms with Crippen LogP contribution < -0.4 is 10.6 Å². The first kappa shape index (κ1) is 23.1. The third kappa shape index (κ3) is 10.8. The molecule has 0 aliphatic rings. The lowest BCUT2D eigenvalue weighted by molar-refractivity contribution is 0.161. The normalized spacial score (nSPS) is 11.3. The fraction of sp³-hybridized carbons (Fsp3) is 0.588. The van der Waals surface area contributed by atoms with Crippen molar-refractivity contribution in [1.82, 2.24) is 15.5 Å². The van der Waals surface area contributed by atoms with Crippen LogP contribution in [0.15, 0.2) is 29.3 Å². The SMILES string of the molecule is CCNC(=NCc1cccc(F)c1)NCCCN(C)CCOC.I. The van der Waals surface area contributed by atoms with E-state index < -0.39 is 0 Å². The van der Waals surface area contributed by atoms with Crippen LogP contribution in [0.2, 0.25) is 0 Å². The van der Waals surface area contributed by atoms with Crippen LogP contribution in [0.3, 0.4) is 0 Å². The molecule has 0 unspecified atom stereocenters. The number of benzene rings is 1. The van der Waals surface area contributed by atoms with Crippen molar-refractivity contribution in [2.75, 3.05) is 46.9 Å². The summed E-state index contributed by atoms with van der Waals surface area (Å²) >= 11 is 0. The maximum Gasteiger partial charge on any atom is 0.191 e. The van der Waals surface area contributed by atoms with Crippen molar-refractivity contribution < 1.29 is 9.13 Å². The number of halogens is 2. The lowest BCUT2D eigenvalue weighted by atomic mass is 10.2. The van der Waals surface area contributed by atoms with E-state index in [2.05, 4.69) is 27.6 Å². The van der Waals surface area contributed by atoms with Crippen molar-refractivity contribution >= 4 is 29.9 Å². The van der Waals surface area contributed by atoms with E-state index >= 15 is 0 Å². The molecule has 0 aromatic heterocycles. The van der Waals surface area contributed by atoms with Crippen LogP contribution in [-0.2, 0) is 11.3 Å². The van der Waals surface area contributed by atoms with E-state index in [9.17, 15) is 4.39 Å². The van der Waals surface area contributed by atoms with Gasteiger partial charge in [-0.15, -0.1) is 24.0 Å². The van der Waals surface area contributed by atoms with Gasteiger partial charge in [0.1, 0.15) is 5.82 Å². The molecule has 138 valence electrons. The molecule has 0 fully saturated rings. The zero-order chi connectivity index (χ0) is 16.9. The first-order chi connectivity index (χ1) is 11.2. The van der Waals surface area contributed by atoms with E-state index in [1.165, 1.54) is 12.1 Å². The van der Waals surface area contributed by atoms with E-state index in [1.807, 2.05) is 13.0 Å². The van der Waals surface area contributed by atoms with Gasteiger partial charge in [0.2, 0.25) is 0 Å². The summed E-state index contributed by atoms with van der Waals surface area (Å²) < 4.78 is 18.2. The molecule has 0 saturated carbocycles. The topological polar surface area (TPSA) is 48.9 Å². The van der Waals surface area contributed by atoms with Crippen LogP contribution in [-0.4, -0.2) is 57.8 Å². The van der Waals surface area contributed by atoms with Crippen LogP contribution in [0, 0.1) is 5.82 Å². The van der Waals surface area contributed by atoms with Crippen LogP contribution in [0.1, 0.15) is 18.9 Å². The molecule has 7 heteroatoms. The molecular weight excluding hydrogens is 422 g/mol. The highest BCUT2D eigenvalue weighted by Gasteiger charge is 2.00. The van der Waals surface area contributed by atoms with Gasteiger partial charge >= 0.3 is 0 Å². The van der Waals surface area contributed by atoms with Crippen molar-refractivity contribution in [1.29, 1.82) is 0 Å². The van der Waals surface area contributed by atoms with E-state index in [4.69, 9.17) is 4.74 Å². The van der Waals surface area contributed by atoms with E-state index in [1.54, 1.807) is 13.2 Å². The van der Waals surface area contributed by atoms with Crippen LogP contribution in [0.5, 0.6) is 0 Å². The number of nitrogens with zero attached hydrogens (tertiary/aromatic N) is 2. The number of nitrogens with one attached hydrogen (secondary N) is 2. The smallest absolute Gasteiger partial charge is 0.191 e. The van der Waals surface area contributed by atoms with Gasteiger partial charge in [0, 0.05) is 26.7 Å². The molecule has 0 atom stereocenters. The molecule has 5 nitrogen and oxygen atoms in total. The molecule has 0 amide bonds. The minimum absolute atomic E-state index is 0. The third-order valence-corrected chi connectivity index (χ3v) is 3.34. The van der Waals surface area contributed by atoms with Crippen molar-refractivity contribution in [2.45, 2.75) is 19.9 Å². The van der Waals surface area contributed by atoms with Crippen LogP contribution >= 0.6 is 24.0 Å². The summed E-state index contributed by atoms with van der Waals surface area (Å²) in [6, 6.07) is 6.53. The predicted molar refractivity (Wildman–Crippen MR) is 109 cm³/mol. The lowest BCUT2D eigenvalue weighted by Crippen LogP contribution is -2.38. The molecule has 0 aliphatic heterocycles. The molecule has 0 saturated heterocycles. The first-order valence-corrected chi connectivity index (χ1v) is 8.09. The Morgan fingerprint density at radius 3 is 2.75 bits per heavy atom. The minimum Gasteiger partial charge on any atom is -0.383 e. The Kier molecular flexibility index (Phi) is 13.9. The number of hydrogen-bond acceptors (Lipinski definition) is 3. The summed E-state index contributed by atoms with van der Waals surface area (Å²) in [5.74, 6) is 0.533. The Bertz CT molecular complexity index is 474. The average Bonchev–Trinajstić information content (AvgIpc) is 2.54. The number of guanidine groups is 1. The van der Waals surface area contributed by atoms with Gasteiger partial charge in [0.15, 0.2) is 5.96 Å². The van der Waals surface area contributed by atoms with E-state index in [-0.39, 0.29) is 29.8 Å². The number of aliphatic imine (C=N–C) groups is 1. The molecular formula is C17H30FIN4O. The number of rotatable bonds is 10. The number of likely N-dealkylation sites (N-methyl/N-ethyl adjacent to an activating group) is 1. The van der Waals surface area contributed by atoms with Gasteiger partial charge in [-0.2, -0.15) is 0 Å². The monoisotopic (exact) mass is 452 g/mol. The molecule has 0 radical (unpaired) electrons. The van der Waals surface area contributed by atoms with Gasteiger partial charge in [-0.25, -0.2) is 9.38 Å². The summed E-state index contributed by atoms with van der Waals surface area (Å²) in [4.78, 5) is 6.72. The Balaban J connectivity index is 0.00000529. The molecule has 24 heavy (non-hydrogen) atoms. The molecule has 1 rings (SSSR count). The van der Waals surface area contributed by atoms with Gasteiger partial charge in [-0.3, -0.25) is 0 Å². The zero-order valence-electron chi connectivity index (χ0n) is 14.8. The largest absolute Gasteiger partial charge is 0.383 e. The number of methoxy groups -OCH3 is 1. The molecule has 0 aliphatic carbocycles. The fourth-order valence-corrected chi connectivity index (χ4v) is 2.06. The van der Waals surface area contributed by atoms with E-state index in [0.29, 0.717) is 6.54 Å². The maximum atomic E-state index is 13.2. The second-order valence-electron chi connectivity index (χ2n) is 5.40. The second kappa shape index (κ2) is 14.4. The van der Waals surface area contributed by atoms with Crippen LogP contribution in [0.25, 0.3) is 0 Å². The first-order valence-electron chi connectivity index (χ1n) is 8.09. The van der Waals surface area contributed by atoms with E-state index in [0.717, 1.165) is 50.7 Å². The van der Waals surface area contributed by atoms with Crippen molar-refractivity contribution in [3.8, 4) is 0 Å².